The zero-order valence-corrected chi connectivity index (χ0v) is 10.6. The highest BCUT2D eigenvalue weighted by Crippen LogP contribution is 2.14. The largest absolute Gasteiger partial charge is 0.357 e. The van der Waals surface area contributed by atoms with Gasteiger partial charge in [0.25, 0.3) is 0 Å². The van der Waals surface area contributed by atoms with E-state index in [4.69, 9.17) is 5.26 Å². The van der Waals surface area contributed by atoms with Crippen molar-refractivity contribution in [2.75, 3.05) is 23.8 Å². The highest BCUT2D eigenvalue weighted by molar-refractivity contribution is 5.48. The van der Waals surface area contributed by atoms with Crippen molar-refractivity contribution in [1.82, 2.24) is 15.0 Å². The van der Waals surface area contributed by atoms with Crippen LogP contribution >= 0.6 is 0 Å². The van der Waals surface area contributed by atoms with Crippen molar-refractivity contribution < 1.29 is 0 Å². The summed E-state index contributed by atoms with van der Waals surface area (Å²) in [5.41, 5.74) is 1.11. The van der Waals surface area contributed by atoms with Crippen LogP contribution in [0.1, 0.15) is 5.56 Å². The van der Waals surface area contributed by atoms with Crippen molar-refractivity contribution in [2.24, 2.45) is 0 Å². The molecule has 0 spiro atoms. The van der Waals surface area contributed by atoms with E-state index in [9.17, 15) is 0 Å². The minimum atomic E-state index is 0.225. The van der Waals surface area contributed by atoms with E-state index in [1.807, 2.05) is 42.4 Å². The fourth-order valence-electron chi connectivity index (χ4n) is 1.63. The van der Waals surface area contributed by atoms with Crippen LogP contribution in [0.2, 0.25) is 0 Å². The average Bonchev–Trinajstić information content (AvgIpc) is 2.46. The van der Waals surface area contributed by atoms with Crippen molar-refractivity contribution in [3.05, 3.63) is 42.5 Å². The van der Waals surface area contributed by atoms with Crippen molar-refractivity contribution in [1.29, 1.82) is 5.26 Å². The Kier molecular flexibility index (Phi) is 4.24. The molecule has 0 fully saturated rings. The Bertz CT molecular complexity index is 563. The first-order valence-electron chi connectivity index (χ1n) is 5.82. The van der Waals surface area contributed by atoms with E-state index in [1.165, 1.54) is 6.33 Å². The fourth-order valence-corrected chi connectivity index (χ4v) is 1.63. The van der Waals surface area contributed by atoms with Crippen LogP contribution in [0.5, 0.6) is 0 Å². The first-order valence-corrected chi connectivity index (χ1v) is 5.82. The quantitative estimate of drug-likeness (QED) is 0.813. The molecule has 96 valence electrons. The van der Waals surface area contributed by atoms with E-state index < -0.39 is 0 Å². The SMILES string of the molecule is CN(Cc1cccnc1)c1cc(NCC#N)ncn1. The Morgan fingerprint density at radius 2 is 2.32 bits per heavy atom. The number of hydrogen-bond acceptors (Lipinski definition) is 6. The molecule has 6 heteroatoms. The molecule has 2 rings (SSSR count). The van der Waals surface area contributed by atoms with Crippen molar-refractivity contribution in [2.45, 2.75) is 6.54 Å². The second-order valence-corrected chi connectivity index (χ2v) is 3.99. The van der Waals surface area contributed by atoms with Crippen molar-refractivity contribution >= 4 is 11.6 Å². The van der Waals surface area contributed by atoms with Gasteiger partial charge in [0.15, 0.2) is 0 Å². The van der Waals surface area contributed by atoms with Gasteiger partial charge in [0.05, 0.1) is 6.07 Å². The third kappa shape index (κ3) is 3.64. The molecule has 0 aliphatic heterocycles. The normalized spacial score (nSPS) is 9.68. The molecule has 19 heavy (non-hydrogen) atoms. The van der Waals surface area contributed by atoms with Gasteiger partial charge in [-0.2, -0.15) is 5.26 Å². The third-order valence-electron chi connectivity index (χ3n) is 2.53. The maximum Gasteiger partial charge on any atom is 0.134 e. The van der Waals surface area contributed by atoms with Gasteiger partial charge in [0.1, 0.15) is 24.5 Å². The number of aromatic nitrogens is 3. The predicted molar refractivity (Wildman–Crippen MR) is 72.5 cm³/mol. The van der Waals surface area contributed by atoms with Crippen molar-refractivity contribution in [3.63, 3.8) is 0 Å². The van der Waals surface area contributed by atoms with Crippen LogP contribution in [0.25, 0.3) is 0 Å². The molecular formula is C13H14N6. The number of hydrogen-bond donors (Lipinski definition) is 1. The number of nitrogens with zero attached hydrogens (tertiary/aromatic N) is 5. The smallest absolute Gasteiger partial charge is 0.134 e. The van der Waals surface area contributed by atoms with Crippen molar-refractivity contribution in [3.8, 4) is 6.07 Å². The van der Waals surface area contributed by atoms with E-state index in [-0.39, 0.29) is 6.54 Å². The minimum absolute atomic E-state index is 0.225. The first-order chi connectivity index (χ1) is 9.29. The third-order valence-corrected chi connectivity index (χ3v) is 2.53. The summed E-state index contributed by atoms with van der Waals surface area (Å²) in [6.07, 6.45) is 5.05. The molecular weight excluding hydrogens is 240 g/mol. The molecule has 2 aromatic rings. The van der Waals surface area contributed by atoms with E-state index in [1.54, 1.807) is 6.20 Å². The number of rotatable bonds is 5. The lowest BCUT2D eigenvalue weighted by Gasteiger charge is -2.18. The van der Waals surface area contributed by atoms with Gasteiger partial charge in [-0.15, -0.1) is 0 Å². The molecule has 1 N–H and O–H groups in total. The number of pyridine rings is 1. The Balaban J connectivity index is 2.06. The van der Waals surface area contributed by atoms with Crippen LogP contribution in [-0.2, 0) is 6.54 Å². The van der Waals surface area contributed by atoms with Crippen LogP contribution in [0.15, 0.2) is 36.9 Å². The van der Waals surface area contributed by atoms with Gasteiger partial charge in [0.2, 0.25) is 0 Å². The minimum Gasteiger partial charge on any atom is -0.357 e. The summed E-state index contributed by atoms with van der Waals surface area (Å²) in [6.45, 7) is 0.936. The fraction of sp³-hybridized carbons (Fsp3) is 0.231. The van der Waals surface area contributed by atoms with Gasteiger partial charge in [-0.3, -0.25) is 4.98 Å². The standard InChI is InChI=1S/C13H14N6/c1-19(9-11-3-2-5-15-8-11)13-7-12(16-6-4-14)17-10-18-13/h2-3,5,7-8,10H,6,9H2,1H3,(H,16,17,18). The molecule has 6 nitrogen and oxygen atoms in total. The summed E-state index contributed by atoms with van der Waals surface area (Å²) < 4.78 is 0. The van der Waals surface area contributed by atoms with E-state index in [0.717, 1.165) is 11.4 Å². The highest BCUT2D eigenvalue weighted by Gasteiger charge is 2.05. The maximum absolute atomic E-state index is 8.53. The summed E-state index contributed by atoms with van der Waals surface area (Å²) in [7, 11) is 1.95. The van der Waals surface area contributed by atoms with Gasteiger partial charge in [-0.25, -0.2) is 9.97 Å². The Labute approximate surface area is 111 Å². The molecule has 0 atom stereocenters. The monoisotopic (exact) mass is 254 g/mol. The lowest BCUT2D eigenvalue weighted by molar-refractivity contribution is 0.885. The van der Waals surface area contributed by atoms with Gasteiger partial charge < -0.3 is 10.2 Å². The molecule has 0 unspecified atom stereocenters. The van der Waals surface area contributed by atoms with E-state index in [2.05, 4.69) is 20.3 Å². The van der Waals surface area contributed by atoms with Gasteiger partial charge in [0, 0.05) is 32.1 Å². The Hall–Kier alpha value is -2.68. The molecule has 0 aliphatic rings. The summed E-state index contributed by atoms with van der Waals surface area (Å²) in [5, 5.41) is 11.4. The molecule has 0 aromatic carbocycles. The van der Waals surface area contributed by atoms with Crippen LogP contribution in [0.4, 0.5) is 11.6 Å². The zero-order chi connectivity index (χ0) is 13.5. The molecule has 0 saturated carbocycles. The number of nitriles is 1. The summed E-state index contributed by atoms with van der Waals surface area (Å²) >= 11 is 0. The summed E-state index contributed by atoms with van der Waals surface area (Å²) in [4.78, 5) is 14.3. The average molecular weight is 254 g/mol. The molecule has 2 aromatic heterocycles. The summed E-state index contributed by atoms with van der Waals surface area (Å²) in [6, 6.07) is 7.74. The van der Waals surface area contributed by atoms with Gasteiger partial charge in [-0.05, 0) is 11.6 Å². The maximum atomic E-state index is 8.53. The summed E-state index contributed by atoms with van der Waals surface area (Å²) in [5.74, 6) is 1.43. The highest BCUT2D eigenvalue weighted by atomic mass is 15.2. The first kappa shape index (κ1) is 12.8. The lowest BCUT2D eigenvalue weighted by Crippen LogP contribution is -2.18. The molecule has 2 heterocycles. The van der Waals surface area contributed by atoms with E-state index in [0.29, 0.717) is 12.4 Å². The van der Waals surface area contributed by atoms with Crippen LogP contribution in [0, 0.1) is 11.3 Å². The Morgan fingerprint density at radius 1 is 1.42 bits per heavy atom. The molecule has 0 amide bonds. The molecule has 0 aliphatic carbocycles. The second kappa shape index (κ2) is 6.31. The molecule has 0 saturated heterocycles. The van der Waals surface area contributed by atoms with E-state index >= 15 is 0 Å². The predicted octanol–water partition coefficient (Wildman–Crippen LogP) is 1.44. The number of anilines is 2. The van der Waals surface area contributed by atoms with Gasteiger partial charge in [-0.1, -0.05) is 6.07 Å². The van der Waals surface area contributed by atoms with Gasteiger partial charge >= 0.3 is 0 Å². The second-order valence-electron chi connectivity index (χ2n) is 3.99. The van der Waals surface area contributed by atoms with Crippen LogP contribution in [-0.4, -0.2) is 28.5 Å². The topological polar surface area (TPSA) is 77.7 Å². The van der Waals surface area contributed by atoms with Crippen LogP contribution in [0.3, 0.4) is 0 Å². The lowest BCUT2D eigenvalue weighted by atomic mass is 10.3. The molecule has 0 bridgehead atoms. The van der Waals surface area contributed by atoms with Crippen LogP contribution < -0.4 is 10.2 Å². The zero-order valence-electron chi connectivity index (χ0n) is 10.6. The molecule has 0 radical (unpaired) electrons. The Morgan fingerprint density at radius 3 is 3.05 bits per heavy atom. The number of nitrogens with one attached hydrogen (secondary N) is 1.